The highest BCUT2D eigenvalue weighted by molar-refractivity contribution is 6.35. The van der Waals surface area contributed by atoms with Crippen LogP contribution in [-0.4, -0.2) is 21.9 Å². The van der Waals surface area contributed by atoms with Crippen molar-refractivity contribution in [3.05, 3.63) is 52.5 Å². The number of benzene rings is 1. The molecule has 6 heteroatoms. The molecule has 22 heavy (non-hydrogen) atoms. The zero-order chi connectivity index (χ0) is 16.1. The van der Waals surface area contributed by atoms with Gasteiger partial charge in [-0.15, -0.1) is 0 Å². The Balaban J connectivity index is 2.24. The predicted molar refractivity (Wildman–Crippen MR) is 86.7 cm³/mol. The van der Waals surface area contributed by atoms with Crippen molar-refractivity contribution in [1.82, 2.24) is 9.97 Å². The molecular weight excluding hydrogens is 323 g/mol. The van der Waals surface area contributed by atoms with Gasteiger partial charge in [0.2, 0.25) is 5.78 Å². The van der Waals surface area contributed by atoms with Gasteiger partial charge in [0, 0.05) is 17.4 Å². The standard InChI is InChI=1S/C16H16Cl2N2O2/c1-10(2)5-15(16(21)11-7-19-9-20-8-11)22-14-4-3-12(17)6-13(14)18/h3-4,6-10,15H,5H2,1-2H3. The van der Waals surface area contributed by atoms with Crippen LogP contribution in [0.25, 0.3) is 0 Å². The highest BCUT2D eigenvalue weighted by Crippen LogP contribution is 2.29. The minimum Gasteiger partial charge on any atom is -0.481 e. The van der Waals surface area contributed by atoms with E-state index in [9.17, 15) is 4.79 Å². The maximum absolute atomic E-state index is 12.6. The Labute approximate surface area is 139 Å². The van der Waals surface area contributed by atoms with Gasteiger partial charge in [0.15, 0.2) is 6.10 Å². The number of rotatable bonds is 6. The molecule has 0 N–H and O–H groups in total. The molecule has 4 nitrogen and oxygen atoms in total. The number of nitrogens with zero attached hydrogens (tertiary/aromatic N) is 2. The molecule has 0 radical (unpaired) electrons. The number of Topliss-reactive ketones (excluding diaryl/α,β-unsaturated/α-hetero) is 1. The number of halogens is 2. The predicted octanol–water partition coefficient (Wildman–Crippen LogP) is 4.46. The van der Waals surface area contributed by atoms with Crippen molar-refractivity contribution in [2.45, 2.75) is 26.4 Å². The van der Waals surface area contributed by atoms with Crippen LogP contribution >= 0.6 is 23.2 Å². The average molecular weight is 339 g/mol. The Morgan fingerprint density at radius 3 is 2.50 bits per heavy atom. The second-order valence-electron chi connectivity index (χ2n) is 5.30. The second kappa shape index (κ2) is 7.56. The van der Waals surface area contributed by atoms with E-state index in [0.29, 0.717) is 27.8 Å². The fraction of sp³-hybridized carbons (Fsp3) is 0.312. The summed E-state index contributed by atoms with van der Waals surface area (Å²) in [4.78, 5) is 20.3. The van der Waals surface area contributed by atoms with Gasteiger partial charge in [0.25, 0.3) is 0 Å². The van der Waals surface area contributed by atoms with Gasteiger partial charge in [0.1, 0.15) is 12.1 Å². The summed E-state index contributed by atoms with van der Waals surface area (Å²) in [6.07, 6.45) is 4.26. The maximum atomic E-state index is 12.6. The summed E-state index contributed by atoms with van der Waals surface area (Å²) in [6.45, 7) is 4.04. The van der Waals surface area contributed by atoms with Gasteiger partial charge in [-0.05, 0) is 30.5 Å². The van der Waals surface area contributed by atoms with Gasteiger partial charge >= 0.3 is 0 Å². The number of hydrogen-bond acceptors (Lipinski definition) is 4. The molecular formula is C16H16Cl2N2O2. The lowest BCUT2D eigenvalue weighted by atomic mass is 9.99. The lowest BCUT2D eigenvalue weighted by Gasteiger charge is -2.20. The molecule has 0 spiro atoms. The average Bonchev–Trinajstić information content (AvgIpc) is 2.49. The first-order valence-corrected chi connectivity index (χ1v) is 7.64. The molecule has 1 heterocycles. The third-order valence-electron chi connectivity index (χ3n) is 2.99. The van der Waals surface area contributed by atoms with Crippen LogP contribution in [0.3, 0.4) is 0 Å². The first kappa shape index (κ1) is 16.7. The molecule has 1 unspecified atom stereocenters. The first-order chi connectivity index (χ1) is 10.5. The van der Waals surface area contributed by atoms with E-state index in [1.807, 2.05) is 13.8 Å². The summed E-state index contributed by atoms with van der Waals surface area (Å²) < 4.78 is 5.83. The zero-order valence-electron chi connectivity index (χ0n) is 12.3. The molecule has 0 amide bonds. The Bertz CT molecular complexity index is 648. The third-order valence-corrected chi connectivity index (χ3v) is 3.52. The summed E-state index contributed by atoms with van der Waals surface area (Å²) in [5, 5.41) is 0.888. The van der Waals surface area contributed by atoms with Gasteiger partial charge in [-0.2, -0.15) is 0 Å². The largest absolute Gasteiger partial charge is 0.481 e. The lowest BCUT2D eigenvalue weighted by Crippen LogP contribution is -2.29. The van der Waals surface area contributed by atoms with E-state index < -0.39 is 6.10 Å². The summed E-state index contributed by atoms with van der Waals surface area (Å²) in [5.74, 6) is 0.548. The van der Waals surface area contributed by atoms with E-state index in [2.05, 4.69) is 9.97 Å². The van der Waals surface area contributed by atoms with Crippen molar-refractivity contribution < 1.29 is 9.53 Å². The number of ether oxygens (including phenoxy) is 1. The molecule has 116 valence electrons. The topological polar surface area (TPSA) is 52.1 Å². The van der Waals surface area contributed by atoms with Gasteiger partial charge in [-0.25, -0.2) is 9.97 Å². The van der Waals surface area contributed by atoms with E-state index >= 15 is 0 Å². The lowest BCUT2D eigenvalue weighted by molar-refractivity contribution is 0.0756. The Morgan fingerprint density at radius 1 is 1.23 bits per heavy atom. The van der Waals surface area contributed by atoms with E-state index in [-0.39, 0.29) is 11.7 Å². The SMILES string of the molecule is CC(C)CC(Oc1ccc(Cl)cc1Cl)C(=O)c1cncnc1. The van der Waals surface area contributed by atoms with Crippen LogP contribution in [0.15, 0.2) is 36.9 Å². The van der Waals surface area contributed by atoms with Crippen LogP contribution in [0.5, 0.6) is 5.75 Å². The van der Waals surface area contributed by atoms with E-state index in [0.717, 1.165) is 0 Å². The Kier molecular flexibility index (Phi) is 5.75. The number of carbonyl (C=O) groups excluding carboxylic acids is 1. The number of carbonyl (C=O) groups is 1. The number of hydrogen-bond donors (Lipinski definition) is 0. The van der Waals surface area contributed by atoms with Crippen molar-refractivity contribution in [3.8, 4) is 5.75 Å². The molecule has 2 rings (SSSR count). The second-order valence-corrected chi connectivity index (χ2v) is 6.15. The zero-order valence-corrected chi connectivity index (χ0v) is 13.8. The van der Waals surface area contributed by atoms with Crippen molar-refractivity contribution in [2.75, 3.05) is 0 Å². The van der Waals surface area contributed by atoms with E-state index in [1.165, 1.54) is 18.7 Å². The van der Waals surface area contributed by atoms with Crippen LogP contribution in [0.2, 0.25) is 10.0 Å². The Morgan fingerprint density at radius 2 is 1.91 bits per heavy atom. The van der Waals surface area contributed by atoms with Gasteiger partial charge in [0.05, 0.1) is 10.6 Å². The minimum atomic E-state index is -0.648. The highest BCUT2D eigenvalue weighted by Gasteiger charge is 2.24. The normalized spacial score (nSPS) is 12.2. The summed E-state index contributed by atoms with van der Waals surface area (Å²) >= 11 is 12.0. The molecule has 0 aliphatic rings. The van der Waals surface area contributed by atoms with Crippen molar-refractivity contribution in [2.24, 2.45) is 5.92 Å². The molecule has 1 aromatic heterocycles. The summed E-state index contributed by atoms with van der Waals surface area (Å²) in [6, 6.07) is 4.92. The quantitative estimate of drug-likeness (QED) is 0.729. The fourth-order valence-corrected chi connectivity index (χ4v) is 2.43. The molecule has 0 bridgehead atoms. The third kappa shape index (κ3) is 4.42. The molecule has 0 saturated heterocycles. The van der Waals surface area contributed by atoms with Crippen LogP contribution in [0.1, 0.15) is 30.6 Å². The Hall–Kier alpha value is -1.65. The fourth-order valence-electron chi connectivity index (χ4n) is 1.97. The van der Waals surface area contributed by atoms with Crippen LogP contribution in [0, 0.1) is 5.92 Å². The highest BCUT2D eigenvalue weighted by atomic mass is 35.5. The van der Waals surface area contributed by atoms with Crippen LogP contribution < -0.4 is 4.74 Å². The molecule has 0 saturated carbocycles. The first-order valence-electron chi connectivity index (χ1n) is 6.88. The number of ketones is 1. The molecule has 1 atom stereocenters. The van der Waals surface area contributed by atoms with Crippen molar-refractivity contribution in [1.29, 1.82) is 0 Å². The summed E-state index contributed by atoms with van der Waals surface area (Å²) in [7, 11) is 0. The van der Waals surface area contributed by atoms with Gasteiger partial charge in [-0.1, -0.05) is 37.0 Å². The molecule has 0 aliphatic carbocycles. The van der Waals surface area contributed by atoms with Gasteiger partial charge < -0.3 is 4.74 Å². The smallest absolute Gasteiger partial charge is 0.206 e. The molecule has 1 aromatic carbocycles. The van der Waals surface area contributed by atoms with Crippen LogP contribution in [0.4, 0.5) is 0 Å². The number of aromatic nitrogens is 2. The monoisotopic (exact) mass is 338 g/mol. The van der Waals surface area contributed by atoms with Crippen molar-refractivity contribution in [3.63, 3.8) is 0 Å². The maximum Gasteiger partial charge on any atom is 0.206 e. The summed E-state index contributed by atoms with van der Waals surface area (Å²) in [5.41, 5.74) is 0.415. The van der Waals surface area contributed by atoms with Crippen molar-refractivity contribution >= 4 is 29.0 Å². The molecule has 0 fully saturated rings. The van der Waals surface area contributed by atoms with E-state index in [4.69, 9.17) is 27.9 Å². The van der Waals surface area contributed by atoms with E-state index in [1.54, 1.807) is 18.2 Å². The molecule has 0 aliphatic heterocycles. The minimum absolute atomic E-state index is 0.166. The van der Waals surface area contributed by atoms with Crippen LogP contribution in [-0.2, 0) is 0 Å². The van der Waals surface area contributed by atoms with Gasteiger partial charge in [-0.3, -0.25) is 4.79 Å². The molecule has 2 aromatic rings.